The summed E-state index contributed by atoms with van der Waals surface area (Å²) in [6.07, 6.45) is -8.14. The average molecular weight is 807 g/mol. The summed E-state index contributed by atoms with van der Waals surface area (Å²) >= 11 is 0. The third-order valence-electron chi connectivity index (χ3n) is 8.56. The van der Waals surface area contributed by atoms with Crippen molar-refractivity contribution in [3.05, 3.63) is 0 Å². The van der Waals surface area contributed by atoms with Gasteiger partial charge in [0.2, 0.25) is 41.4 Å². The monoisotopic (exact) mass is 806 g/mol. The molecule has 1 aliphatic heterocycles. The molecule has 12 atom stereocenters. The van der Waals surface area contributed by atoms with E-state index in [1.165, 1.54) is 27.7 Å². The second-order valence-corrected chi connectivity index (χ2v) is 13.2. The van der Waals surface area contributed by atoms with Crippen LogP contribution in [-0.4, -0.2) is 159 Å². The van der Waals surface area contributed by atoms with Crippen molar-refractivity contribution in [2.24, 2.45) is 17.4 Å². The number of carboxylic acids is 2. The fourth-order valence-electron chi connectivity index (χ4n) is 5.21. The molecular weight excluding hydrogens is 752 g/mol. The molecule has 0 bridgehead atoms. The standard InChI is InChI=1S/C32H54N8O16/c1-12(36-27(47)15(4)55-23-21(39-16(5)42)32(54)56-20(11-41)22(23)43)25(45)35-10-9-17(24(34)44)28(48)40-19(8-6-7-18(33)31(52)53)29(49)37-13(2)26(46)38-14(3)30(50)51/h12-15,17-23,32,41,43,54H,6-11,33H2,1-5H3,(H2,34,44)(H,35,45)(H,36,47)(H,37,49)(H,38,46)(H,39,42)(H,40,48)(H,50,51)(H,52,53)/t12-,13+,14+,15+,17?,18-,19-,20+,21+,22+,23+,32-/m0/s1. The van der Waals surface area contributed by atoms with Gasteiger partial charge >= 0.3 is 11.9 Å². The first kappa shape index (κ1) is 49.0. The minimum atomic E-state index is -1.71. The zero-order valence-corrected chi connectivity index (χ0v) is 31.6. The average Bonchev–Trinajstić information content (AvgIpc) is 3.11. The largest absolute Gasteiger partial charge is 0.480 e. The lowest BCUT2D eigenvalue weighted by atomic mass is 9.96. The fraction of sp³-hybridized carbons (Fsp3) is 0.719. The highest BCUT2D eigenvalue weighted by Gasteiger charge is 2.47. The van der Waals surface area contributed by atoms with Crippen molar-refractivity contribution in [1.82, 2.24) is 31.9 Å². The smallest absolute Gasteiger partial charge is 0.325 e. The maximum absolute atomic E-state index is 13.2. The van der Waals surface area contributed by atoms with Crippen molar-refractivity contribution in [1.29, 1.82) is 0 Å². The lowest BCUT2D eigenvalue weighted by molar-refractivity contribution is -0.266. The number of ether oxygens (including phenoxy) is 2. The van der Waals surface area contributed by atoms with E-state index in [4.69, 9.17) is 31.2 Å². The van der Waals surface area contributed by atoms with Crippen molar-refractivity contribution >= 4 is 53.3 Å². The van der Waals surface area contributed by atoms with E-state index in [1.807, 2.05) is 0 Å². The molecule has 0 spiro atoms. The lowest BCUT2D eigenvalue weighted by Gasteiger charge is -2.43. The Balaban J connectivity index is 2.91. The van der Waals surface area contributed by atoms with Gasteiger partial charge in [0.05, 0.1) is 6.61 Å². The van der Waals surface area contributed by atoms with Gasteiger partial charge in [0.25, 0.3) is 0 Å². The summed E-state index contributed by atoms with van der Waals surface area (Å²) in [7, 11) is 0. The third-order valence-corrected chi connectivity index (χ3v) is 8.56. The Bertz CT molecular complexity index is 1430. The maximum atomic E-state index is 13.2. The van der Waals surface area contributed by atoms with Gasteiger partial charge in [-0.3, -0.25) is 43.2 Å². The van der Waals surface area contributed by atoms with Crippen LogP contribution in [0.1, 0.15) is 60.3 Å². The first-order chi connectivity index (χ1) is 26.0. The molecule has 0 aromatic rings. The highest BCUT2D eigenvalue weighted by molar-refractivity contribution is 6.01. The number of aliphatic hydroxyl groups is 3. The molecule has 318 valence electrons. The van der Waals surface area contributed by atoms with Gasteiger partial charge < -0.3 is 78.4 Å². The number of amides is 7. The summed E-state index contributed by atoms with van der Waals surface area (Å²) in [5, 5.41) is 62.4. The molecule has 7 amide bonds. The second-order valence-electron chi connectivity index (χ2n) is 13.2. The highest BCUT2D eigenvalue weighted by Crippen LogP contribution is 2.24. The van der Waals surface area contributed by atoms with Crippen LogP contribution in [0.15, 0.2) is 0 Å². The molecule has 1 unspecified atom stereocenters. The van der Waals surface area contributed by atoms with Crippen LogP contribution >= 0.6 is 0 Å². The molecule has 0 saturated carbocycles. The number of primary amides is 1. The third kappa shape index (κ3) is 15.6. The predicted octanol–water partition coefficient (Wildman–Crippen LogP) is -6.39. The number of aliphatic hydroxyl groups excluding tert-OH is 3. The van der Waals surface area contributed by atoms with E-state index in [2.05, 4.69) is 31.9 Å². The Kier molecular flexibility index (Phi) is 20.3. The summed E-state index contributed by atoms with van der Waals surface area (Å²) in [6.45, 7) is 5.04. The summed E-state index contributed by atoms with van der Waals surface area (Å²) in [5.41, 5.74) is 11.0. The highest BCUT2D eigenvalue weighted by atomic mass is 16.6. The summed E-state index contributed by atoms with van der Waals surface area (Å²) < 4.78 is 10.7. The first-order valence-corrected chi connectivity index (χ1v) is 17.6. The molecule has 0 aromatic heterocycles. The van der Waals surface area contributed by atoms with E-state index in [1.54, 1.807) is 0 Å². The summed E-state index contributed by atoms with van der Waals surface area (Å²) in [5.74, 6) is -10.6. The van der Waals surface area contributed by atoms with E-state index in [9.17, 15) is 58.5 Å². The summed E-state index contributed by atoms with van der Waals surface area (Å²) in [6, 6.07) is -7.88. The number of nitrogens with one attached hydrogen (secondary N) is 6. The van der Waals surface area contributed by atoms with Crippen LogP contribution in [0.25, 0.3) is 0 Å². The molecule has 56 heavy (non-hydrogen) atoms. The van der Waals surface area contributed by atoms with Crippen molar-refractivity contribution in [2.75, 3.05) is 13.2 Å². The molecule has 1 fully saturated rings. The molecule has 1 aliphatic rings. The summed E-state index contributed by atoms with van der Waals surface area (Å²) in [4.78, 5) is 110. The topological polar surface area (TPSA) is 397 Å². The van der Waals surface area contributed by atoms with Crippen LogP contribution in [0.4, 0.5) is 0 Å². The molecule has 1 saturated heterocycles. The number of aliphatic carboxylic acids is 2. The number of hydrogen-bond donors (Lipinski definition) is 13. The lowest BCUT2D eigenvalue weighted by Crippen LogP contribution is -2.65. The van der Waals surface area contributed by atoms with Gasteiger partial charge in [-0.1, -0.05) is 0 Å². The SMILES string of the molecule is CC(=O)N[C@@H]1[C@@H](O[C@H](C)C(=O)N[C@@H](C)C(=O)NCCC(C(N)=O)C(=O)N[C@@H](CCC[C@H](N)C(=O)O)C(=O)N[C@H](C)C(=O)N[C@H](C)C(=O)O)[C@H](O)[C@@H](CO)O[C@@H]1O. The molecule has 24 nitrogen and oxygen atoms in total. The van der Waals surface area contributed by atoms with E-state index in [0.717, 1.165) is 6.92 Å². The van der Waals surface area contributed by atoms with Crippen LogP contribution in [0.3, 0.4) is 0 Å². The van der Waals surface area contributed by atoms with Crippen LogP contribution in [0, 0.1) is 5.92 Å². The number of nitrogens with two attached hydrogens (primary N) is 2. The quantitative estimate of drug-likeness (QED) is 0.0427. The van der Waals surface area contributed by atoms with Gasteiger partial charge in [-0.15, -0.1) is 0 Å². The molecule has 0 radical (unpaired) electrons. The second kappa shape index (κ2) is 23.2. The van der Waals surface area contributed by atoms with Crippen molar-refractivity contribution in [2.45, 2.75) is 127 Å². The van der Waals surface area contributed by atoms with Gasteiger partial charge in [0, 0.05) is 13.5 Å². The molecule has 24 heteroatoms. The Hall–Kier alpha value is -5.01. The van der Waals surface area contributed by atoms with Crippen LogP contribution in [0.2, 0.25) is 0 Å². The van der Waals surface area contributed by atoms with Crippen molar-refractivity contribution in [3.63, 3.8) is 0 Å². The molecule has 0 aromatic carbocycles. The predicted molar refractivity (Wildman–Crippen MR) is 188 cm³/mol. The van der Waals surface area contributed by atoms with Crippen molar-refractivity contribution < 1.29 is 78.2 Å². The Morgan fingerprint density at radius 1 is 0.750 bits per heavy atom. The number of carboxylic acid groups (broad SMARTS) is 2. The maximum Gasteiger partial charge on any atom is 0.325 e. The van der Waals surface area contributed by atoms with Gasteiger partial charge in [-0.05, 0) is 53.4 Å². The Labute approximate surface area is 321 Å². The first-order valence-electron chi connectivity index (χ1n) is 17.6. The normalized spacial score (nSPS) is 23.0. The number of carbonyl (C=O) groups is 9. The Morgan fingerprint density at radius 3 is 1.86 bits per heavy atom. The number of carbonyl (C=O) groups excluding carboxylic acids is 7. The zero-order chi connectivity index (χ0) is 43.0. The fourth-order valence-corrected chi connectivity index (χ4v) is 5.21. The minimum Gasteiger partial charge on any atom is -0.480 e. The number of rotatable bonds is 23. The van der Waals surface area contributed by atoms with Gasteiger partial charge in [0.15, 0.2) is 6.29 Å². The Morgan fingerprint density at radius 2 is 1.32 bits per heavy atom. The van der Waals surface area contributed by atoms with E-state index in [-0.39, 0.29) is 25.8 Å². The molecular formula is C32H54N8O16. The zero-order valence-electron chi connectivity index (χ0n) is 31.6. The minimum absolute atomic E-state index is 0.0102. The van der Waals surface area contributed by atoms with Gasteiger partial charge in [-0.25, -0.2) is 0 Å². The molecule has 1 heterocycles. The number of hydrogen-bond acceptors (Lipinski definition) is 15. The molecule has 15 N–H and O–H groups in total. The molecule has 1 rings (SSSR count). The van der Waals surface area contributed by atoms with Crippen molar-refractivity contribution in [3.8, 4) is 0 Å². The van der Waals surface area contributed by atoms with E-state index < -0.39 is 139 Å². The molecule has 0 aliphatic carbocycles. The van der Waals surface area contributed by atoms with Crippen LogP contribution in [-0.2, 0) is 52.6 Å². The van der Waals surface area contributed by atoms with Crippen LogP contribution in [0.5, 0.6) is 0 Å². The van der Waals surface area contributed by atoms with Crippen LogP contribution < -0.4 is 43.4 Å². The van der Waals surface area contributed by atoms with E-state index >= 15 is 0 Å². The van der Waals surface area contributed by atoms with Gasteiger partial charge in [0.1, 0.15) is 66.6 Å². The van der Waals surface area contributed by atoms with Gasteiger partial charge in [-0.2, -0.15) is 0 Å². The van der Waals surface area contributed by atoms with E-state index in [0.29, 0.717) is 0 Å².